The number of H-pyrrole nitrogens is 1. The van der Waals surface area contributed by atoms with E-state index in [-0.39, 0.29) is 95.1 Å². The van der Waals surface area contributed by atoms with Gasteiger partial charge in [0, 0.05) is 110 Å². The number of benzene rings is 5. The average Bonchev–Trinajstić information content (AvgIpc) is 1.61. The summed E-state index contributed by atoms with van der Waals surface area (Å²) in [5, 5.41) is 52.7. The number of aromatic hydroxyl groups is 3. The Bertz CT molecular complexity index is 4340. The lowest BCUT2D eigenvalue weighted by molar-refractivity contribution is -0.148. The van der Waals surface area contributed by atoms with Crippen molar-refractivity contribution >= 4 is 34.0 Å². The first-order valence-corrected chi connectivity index (χ1v) is 34.4. The van der Waals surface area contributed by atoms with Gasteiger partial charge in [-0.25, -0.2) is 0 Å². The van der Waals surface area contributed by atoms with Crippen LogP contribution in [0.3, 0.4) is 0 Å². The van der Waals surface area contributed by atoms with Crippen LogP contribution in [-0.4, -0.2) is 73.8 Å². The number of aliphatic hydroxyl groups excluding tert-OH is 1. The molecule has 9 unspecified atom stereocenters. The summed E-state index contributed by atoms with van der Waals surface area (Å²) in [4.78, 5) is 49.3. The maximum absolute atomic E-state index is 15.6. The zero-order valence-electron chi connectivity index (χ0n) is 54.8. The Morgan fingerprint density at radius 3 is 2.48 bits per heavy atom. The van der Waals surface area contributed by atoms with E-state index in [2.05, 4.69) is 131 Å². The van der Waals surface area contributed by atoms with Crippen LogP contribution >= 0.6 is 0 Å². The van der Waals surface area contributed by atoms with E-state index >= 15 is 4.79 Å². The van der Waals surface area contributed by atoms with Crippen LogP contribution in [-0.2, 0) is 38.4 Å². The molecule has 0 amide bonds. The number of Topliss-reactive ketones (excluding diaryl/α,β-unsaturated/α-hetero) is 2. The number of aromatic amines is 1. The number of aryl methyl sites for hydroxylation is 2. The molecule has 490 valence electrons. The molecule has 2 aromatic heterocycles. The molecule has 14 heteroatoms. The molecule has 6 N–H and O–H groups in total. The van der Waals surface area contributed by atoms with E-state index < -0.39 is 29.6 Å². The largest absolute Gasteiger partial charge is 0.508 e. The summed E-state index contributed by atoms with van der Waals surface area (Å²) >= 11 is 0. The van der Waals surface area contributed by atoms with Gasteiger partial charge in [0.25, 0.3) is 0 Å². The summed E-state index contributed by atoms with van der Waals surface area (Å²) in [6, 6.07) is 27.9. The quantitative estimate of drug-likeness (QED) is 0.0531. The third kappa shape index (κ3) is 12.4. The van der Waals surface area contributed by atoms with Gasteiger partial charge >= 0.3 is 5.97 Å². The number of rotatable bonds is 11. The molecule has 6 bridgehead atoms. The number of ketones is 2. The number of carbonyl (C=O) groups is 3. The zero-order valence-corrected chi connectivity index (χ0v) is 54.8. The van der Waals surface area contributed by atoms with Crippen LogP contribution in [0.4, 0.5) is 5.69 Å². The van der Waals surface area contributed by atoms with Gasteiger partial charge in [-0.3, -0.25) is 14.4 Å². The number of ether oxygens (including phenoxy) is 3. The van der Waals surface area contributed by atoms with E-state index in [0.717, 1.165) is 106 Å². The van der Waals surface area contributed by atoms with Crippen molar-refractivity contribution in [2.45, 2.75) is 160 Å². The highest BCUT2D eigenvalue weighted by Crippen LogP contribution is 2.53. The van der Waals surface area contributed by atoms with Crippen molar-refractivity contribution in [3.8, 4) is 46.3 Å². The lowest BCUT2D eigenvalue weighted by Crippen LogP contribution is -2.37. The van der Waals surface area contributed by atoms with E-state index in [4.69, 9.17) is 14.2 Å². The number of allylic oxidation sites excluding steroid dienone is 6. The SMILES string of the molecule is COc1cc(C2CC(=O)CC(OC(C)=O)CCC34Cc5c[nH]cc5C(C#CCC3=CC=CC4C)C(c3cccc(O)c3)C3=CCNC(=C3)N(CCC(=O)C3CCCCC3)c3ccc4c5c(n2cc35)CCC4O)cc(O)c1Oc1cc(O)cc(C2c3ccccc3CCC2C)c1. The van der Waals surface area contributed by atoms with Crippen molar-refractivity contribution in [2.75, 3.05) is 25.1 Å². The van der Waals surface area contributed by atoms with Crippen LogP contribution < -0.4 is 19.7 Å². The number of dihydropyridines is 1. The molecule has 0 radical (unpaired) electrons. The second kappa shape index (κ2) is 26.5. The first-order chi connectivity index (χ1) is 46.1. The van der Waals surface area contributed by atoms with E-state index in [1.807, 2.05) is 24.3 Å². The number of carbonyl (C=O) groups excluding carboxylic acids is 3. The van der Waals surface area contributed by atoms with Gasteiger partial charge in [0.15, 0.2) is 11.5 Å². The van der Waals surface area contributed by atoms with Gasteiger partial charge in [-0.15, -0.1) is 0 Å². The number of nitrogens with zero attached hydrogens (tertiary/aromatic N) is 2. The number of nitrogens with one attached hydrogen (secondary N) is 2. The predicted octanol–water partition coefficient (Wildman–Crippen LogP) is 15.6. The Labute approximate surface area is 556 Å². The summed E-state index contributed by atoms with van der Waals surface area (Å²) in [6.07, 6.45) is 25.6. The second-order valence-electron chi connectivity index (χ2n) is 27.9. The van der Waals surface area contributed by atoms with Crippen LogP contribution in [0.15, 0.2) is 157 Å². The number of aromatic nitrogens is 2. The molecule has 14 rings (SSSR count). The van der Waals surface area contributed by atoms with Crippen LogP contribution in [0, 0.1) is 35.0 Å². The molecule has 95 heavy (non-hydrogen) atoms. The van der Waals surface area contributed by atoms with Crippen LogP contribution in [0.1, 0.15) is 184 Å². The highest BCUT2D eigenvalue weighted by molar-refractivity contribution is 6.00. The highest BCUT2D eigenvalue weighted by atomic mass is 16.5. The van der Waals surface area contributed by atoms with Crippen molar-refractivity contribution in [2.24, 2.45) is 23.2 Å². The molecule has 4 heterocycles. The Morgan fingerprint density at radius 2 is 1.65 bits per heavy atom. The van der Waals surface area contributed by atoms with Gasteiger partial charge in [-0.1, -0.05) is 117 Å². The smallest absolute Gasteiger partial charge is 0.302 e. The Kier molecular flexibility index (Phi) is 17.7. The standard InChI is InChI=1S/C81H86N4O10/c1-48-23-24-51-14-8-9-21-64(51)77(48)56-36-60(88)42-63(37-56)95-80-74(92)38-55(39-75(80)93-4)71-43-61(89)41-62(94-50(3)86)29-32-81-44-57-45-82-46-67(57)65(22-12-19-58(81)18-10-13-49(81)2)78(53-17-11-20-59(87)35-53)54-30-33-83-76(40-54)84(34-31-72(90)52-15-6-5-7-16-52)69-26-25-66-73(91)28-27-70-79(66)68(69)47-85(70)71/h8-11,13-14,17-18,20-21,25-26,30,35-40,42,45-49,52,62,65,71,73,77-78,82-83,87-88,91-92H,5-7,15-16,19,23-24,27-29,31-34,41,43-44H2,1-4H3. The number of anilines is 1. The number of hydrogen-bond donors (Lipinski definition) is 6. The predicted molar refractivity (Wildman–Crippen MR) is 368 cm³/mol. The number of aliphatic hydroxyl groups is 1. The minimum absolute atomic E-state index is 0.000279. The topological polar surface area (TPSA) is 196 Å². The first-order valence-electron chi connectivity index (χ1n) is 34.4. The molecule has 2 aliphatic heterocycles. The molecule has 1 fully saturated rings. The number of esters is 1. The fourth-order valence-electron chi connectivity index (χ4n) is 17.3. The molecular weight excluding hydrogens is 1190 g/mol. The molecule has 1 spiro atoms. The Balaban J connectivity index is 0.944. The second-order valence-corrected chi connectivity index (χ2v) is 27.9. The molecule has 5 aromatic carbocycles. The number of hydrogen-bond acceptors (Lipinski definition) is 12. The third-order valence-electron chi connectivity index (χ3n) is 22.1. The molecule has 9 atom stereocenters. The number of fused-ring (bicyclic) bond motifs is 4. The summed E-state index contributed by atoms with van der Waals surface area (Å²) in [5.41, 5.74) is 11.1. The van der Waals surface area contributed by atoms with Crippen molar-refractivity contribution in [3.05, 3.63) is 207 Å². The summed E-state index contributed by atoms with van der Waals surface area (Å²) < 4.78 is 21.2. The highest BCUT2D eigenvalue weighted by Gasteiger charge is 2.44. The van der Waals surface area contributed by atoms with Gasteiger partial charge < -0.3 is 54.4 Å². The van der Waals surface area contributed by atoms with Gasteiger partial charge in [0.2, 0.25) is 5.75 Å². The summed E-state index contributed by atoms with van der Waals surface area (Å²) in [5.74, 6) is 7.92. The average molecular weight is 1280 g/mol. The maximum Gasteiger partial charge on any atom is 0.302 e. The van der Waals surface area contributed by atoms with Crippen molar-refractivity contribution < 1.29 is 49.0 Å². The fourth-order valence-corrected chi connectivity index (χ4v) is 17.3. The van der Waals surface area contributed by atoms with E-state index in [1.54, 1.807) is 24.3 Å². The lowest BCUT2D eigenvalue weighted by atomic mass is 9.61. The number of phenols is 3. The van der Waals surface area contributed by atoms with Crippen LogP contribution in [0.25, 0.3) is 10.8 Å². The molecule has 5 aliphatic carbocycles. The van der Waals surface area contributed by atoms with Crippen molar-refractivity contribution in [3.63, 3.8) is 0 Å². The summed E-state index contributed by atoms with van der Waals surface area (Å²) in [6.45, 7) is 6.66. The van der Waals surface area contributed by atoms with E-state index in [9.17, 15) is 30.0 Å². The van der Waals surface area contributed by atoms with Gasteiger partial charge in [0.1, 0.15) is 40.7 Å². The van der Waals surface area contributed by atoms with Crippen LogP contribution in [0.5, 0.6) is 34.5 Å². The molecule has 1 saturated carbocycles. The van der Waals surface area contributed by atoms with Crippen molar-refractivity contribution in [1.82, 2.24) is 14.9 Å². The van der Waals surface area contributed by atoms with E-state index in [0.29, 0.717) is 62.9 Å². The lowest BCUT2D eigenvalue weighted by Gasteiger charge is -2.43. The Morgan fingerprint density at radius 1 is 0.811 bits per heavy atom. The van der Waals surface area contributed by atoms with Crippen LogP contribution in [0.2, 0.25) is 0 Å². The van der Waals surface area contributed by atoms with E-state index in [1.165, 1.54) is 36.8 Å². The normalized spacial score (nSPS) is 25.2. The monoisotopic (exact) mass is 1270 g/mol. The molecule has 0 saturated heterocycles. The minimum Gasteiger partial charge on any atom is -0.508 e. The molecule has 14 nitrogen and oxygen atoms in total. The Hall–Kier alpha value is -9.19. The maximum atomic E-state index is 15.6. The molecule has 7 aliphatic rings. The fraction of sp³-hybridized carbons (Fsp3) is 0.395. The third-order valence-corrected chi connectivity index (χ3v) is 22.1. The van der Waals surface area contributed by atoms with Crippen molar-refractivity contribution in [1.29, 1.82) is 0 Å². The summed E-state index contributed by atoms with van der Waals surface area (Å²) in [7, 11) is 1.51. The molecule has 7 aromatic rings. The number of methoxy groups -OCH3 is 1. The zero-order chi connectivity index (χ0) is 65.6. The molecular formula is C81H86N4O10. The van der Waals surface area contributed by atoms with Gasteiger partial charge in [0.05, 0.1) is 30.9 Å². The number of phenolic OH excluding ortho intramolecular Hbond substituents is 3. The minimum atomic E-state index is -0.794. The first kappa shape index (κ1) is 63.2. The van der Waals surface area contributed by atoms with Gasteiger partial charge in [-0.05, 0) is 168 Å². The van der Waals surface area contributed by atoms with Gasteiger partial charge in [-0.2, -0.15) is 0 Å².